The summed E-state index contributed by atoms with van der Waals surface area (Å²) in [5, 5.41) is 2.93. The lowest BCUT2D eigenvalue weighted by Crippen LogP contribution is -2.40. The van der Waals surface area contributed by atoms with Crippen LogP contribution in [0.4, 0.5) is 5.69 Å². The van der Waals surface area contributed by atoms with E-state index in [4.69, 9.17) is 0 Å². The van der Waals surface area contributed by atoms with Gasteiger partial charge >= 0.3 is 0 Å². The average molecular weight is 322 g/mol. The second-order valence-corrected chi connectivity index (χ2v) is 6.50. The normalized spacial score (nSPS) is 14.8. The summed E-state index contributed by atoms with van der Waals surface area (Å²) >= 11 is 0. The molecule has 0 radical (unpaired) electrons. The van der Waals surface area contributed by atoms with Gasteiger partial charge in [-0.25, -0.2) is 0 Å². The van der Waals surface area contributed by atoms with Crippen LogP contribution >= 0.6 is 0 Å². The van der Waals surface area contributed by atoms with Crippen LogP contribution < -0.4 is 5.32 Å². The highest BCUT2D eigenvalue weighted by Crippen LogP contribution is 2.48. The number of amides is 2. The Morgan fingerprint density at radius 3 is 2.29 bits per heavy atom. The van der Waals surface area contributed by atoms with Crippen LogP contribution in [0.25, 0.3) is 0 Å². The molecule has 2 aromatic carbocycles. The van der Waals surface area contributed by atoms with Gasteiger partial charge in [0.25, 0.3) is 0 Å². The van der Waals surface area contributed by atoms with Crippen LogP contribution in [0, 0.1) is 12.3 Å². The van der Waals surface area contributed by atoms with Gasteiger partial charge in [-0.1, -0.05) is 48.5 Å². The number of benzene rings is 2. The highest BCUT2D eigenvalue weighted by molar-refractivity contribution is 6.13. The molecule has 1 aliphatic rings. The first-order valence-corrected chi connectivity index (χ1v) is 8.19. The van der Waals surface area contributed by atoms with Gasteiger partial charge in [-0.05, 0) is 37.0 Å². The van der Waals surface area contributed by atoms with Gasteiger partial charge in [0.15, 0.2) is 0 Å². The molecule has 4 nitrogen and oxygen atoms in total. The van der Waals surface area contributed by atoms with Crippen molar-refractivity contribution in [2.24, 2.45) is 5.41 Å². The van der Waals surface area contributed by atoms with Crippen LogP contribution in [0.5, 0.6) is 0 Å². The van der Waals surface area contributed by atoms with Crippen molar-refractivity contribution in [1.82, 2.24) is 4.90 Å². The fraction of sp³-hybridized carbons (Fsp3) is 0.300. The minimum Gasteiger partial charge on any atom is -0.340 e. The van der Waals surface area contributed by atoms with E-state index in [0.29, 0.717) is 19.4 Å². The van der Waals surface area contributed by atoms with E-state index in [1.165, 1.54) is 0 Å². The number of nitrogens with zero attached hydrogens (tertiary/aromatic N) is 1. The van der Waals surface area contributed by atoms with E-state index in [0.717, 1.165) is 16.8 Å². The Morgan fingerprint density at radius 1 is 1.04 bits per heavy atom. The topological polar surface area (TPSA) is 49.4 Å². The molecule has 2 aromatic rings. The van der Waals surface area contributed by atoms with Crippen molar-refractivity contribution < 1.29 is 9.59 Å². The third-order valence-corrected chi connectivity index (χ3v) is 4.60. The first kappa shape index (κ1) is 16.2. The van der Waals surface area contributed by atoms with Crippen molar-refractivity contribution in [3.8, 4) is 0 Å². The second-order valence-electron chi connectivity index (χ2n) is 6.50. The van der Waals surface area contributed by atoms with Crippen LogP contribution in [0.2, 0.25) is 0 Å². The van der Waals surface area contributed by atoms with Gasteiger partial charge in [0.05, 0.1) is 0 Å². The third-order valence-electron chi connectivity index (χ3n) is 4.60. The van der Waals surface area contributed by atoms with Crippen molar-refractivity contribution in [3.63, 3.8) is 0 Å². The zero-order chi connectivity index (χ0) is 17.2. The number of anilines is 1. The van der Waals surface area contributed by atoms with E-state index in [-0.39, 0.29) is 11.8 Å². The standard InChI is InChI=1S/C20H22N2O2/c1-15-8-6-7-11-17(15)21-18(23)20(12-13-20)19(24)22(2)14-16-9-4-3-5-10-16/h3-11H,12-14H2,1-2H3,(H,21,23). The molecule has 1 fully saturated rings. The summed E-state index contributed by atoms with van der Waals surface area (Å²) < 4.78 is 0. The molecule has 24 heavy (non-hydrogen) atoms. The lowest BCUT2D eigenvalue weighted by Gasteiger charge is -2.23. The number of carbonyl (C=O) groups is 2. The Bertz CT molecular complexity index is 751. The molecule has 124 valence electrons. The molecule has 1 saturated carbocycles. The second kappa shape index (κ2) is 6.48. The van der Waals surface area contributed by atoms with Gasteiger partial charge in [0, 0.05) is 19.3 Å². The summed E-state index contributed by atoms with van der Waals surface area (Å²) in [6.45, 7) is 2.46. The predicted molar refractivity (Wildman–Crippen MR) is 94.4 cm³/mol. The molecule has 1 N–H and O–H groups in total. The van der Waals surface area contributed by atoms with Gasteiger partial charge in [0.1, 0.15) is 5.41 Å². The highest BCUT2D eigenvalue weighted by atomic mass is 16.2. The number of hydrogen-bond donors (Lipinski definition) is 1. The Morgan fingerprint density at radius 2 is 1.67 bits per heavy atom. The Kier molecular flexibility index (Phi) is 4.38. The maximum Gasteiger partial charge on any atom is 0.240 e. The van der Waals surface area contributed by atoms with E-state index < -0.39 is 5.41 Å². The summed E-state index contributed by atoms with van der Waals surface area (Å²) in [4.78, 5) is 27.2. The van der Waals surface area contributed by atoms with E-state index in [1.807, 2.05) is 61.5 Å². The Balaban J connectivity index is 1.69. The average Bonchev–Trinajstić information content (AvgIpc) is 3.39. The van der Waals surface area contributed by atoms with Gasteiger partial charge in [-0.15, -0.1) is 0 Å². The quantitative estimate of drug-likeness (QED) is 0.858. The molecule has 0 bridgehead atoms. The molecule has 3 rings (SSSR count). The molecule has 0 atom stereocenters. The van der Waals surface area contributed by atoms with E-state index >= 15 is 0 Å². The van der Waals surface area contributed by atoms with Crippen LogP contribution in [-0.2, 0) is 16.1 Å². The van der Waals surface area contributed by atoms with E-state index in [1.54, 1.807) is 11.9 Å². The number of carbonyl (C=O) groups excluding carboxylic acids is 2. The zero-order valence-electron chi connectivity index (χ0n) is 14.1. The van der Waals surface area contributed by atoms with Crippen molar-refractivity contribution in [2.75, 3.05) is 12.4 Å². The molecule has 0 saturated heterocycles. The molecule has 1 aliphatic carbocycles. The van der Waals surface area contributed by atoms with Crippen molar-refractivity contribution in [2.45, 2.75) is 26.3 Å². The zero-order valence-corrected chi connectivity index (χ0v) is 14.1. The molecule has 0 unspecified atom stereocenters. The molecule has 0 aromatic heterocycles. The SMILES string of the molecule is Cc1ccccc1NC(=O)C1(C(=O)N(C)Cc2ccccc2)CC1. The smallest absolute Gasteiger partial charge is 0.240 e. The minimum atomic E-state index is -0.897. The fourth-order valence-corrected chi connectivity index (χ4v) is 2.91. The highest BCUT2D eigenvalue weighted by Gasteiger charge is 2.57. The maximum atomic E-state index is 12.8. The predicted octanol–water partition coefficient (Wildman–Crippen LogP) is 3.37. The van der Waals surface area contributed by atoms with Crippen LogP contribution in [0.15, 0.2) is 54.6 Å². The van der Waals surface area contributed by atoms with Gasteiger partial charge in [0.2, 0.25) is 11.8 Å². The van der Waals surface area contributed by atoms with Crippen LogP contribution in [0.3, 0.4) is 0 Å². The summed E-state index contributed by atoms with van der Waals surface area (Å²) in [6, 6.07) is 17.4. The summed E-state index contributed by atoms with van der Waals surface area (Å²) in [6.07, 6.45) is 1.23. The number of hydrogen-bond acceptors (Lipinski definition) is 2. The Hall–Kier alpha value is -2.62. The van der Waals surface area contributed by atoms with Gasteiger partial charge in [-0.3, -0.25) is 9.59 Å². The number of para-hydroxylation sites is 1. The lowest BCUT2D eigenvalue weighted by atomic mass is 10.0. The molecule has 0 spiro atoms. The Labute approximate surface area is 142 Å². The fourth-order valence-electron chi connectivity index (χ4n) is 2.91. The monoisotopic (exact) mass is 322 g/mol. The van der Waals surface area contributed by atoms with Crippen molar-refractivity contribution >= 4 is 17.5 Å². The van der Waals surface area contributed by atoms with Crippen LogP contribution in [0.1, 0.15) is 24.0 Å². The van der Waals surface area contributed by atoms with Crippen molar-refractivity contribution in [1.29, 1.82) is 0 Å². The van der Waals surface area contributed by atoms with Crippen molar-refractivity contribution in [3.05, 3.63) is 65.7 Å². The largest absolute Gasteiger partial charge is 0.340 e. The first-order valence-electron chi connectivity index (χ1n) is 8.19. The molecule has 2 amide bonds. The molecule has 0 aliphatic heterocycles. The third kappa shape index (κ3) is 3.18. The minimum absolute atomic E-state index is 0.0996. The van der Waals surface area contributed by atoms with Gasteiger partial charge in [-0.2, -0.15) is 0 Å². The van der Waals surface area contributed by atoms with Crippen LogP contribution in [-0.4, -0.2) is 23.8 Å². The summed E-state index contributed by atoms with van der Waals surface area (Å²) in [7, 11) is 1.76. The summed E-state index contributed by atoms with van der Waals surface area (Å²) in [5.41, 5.74) is 1.92. The van der Waals surface area contributed by atoms with Gasteiger partial charge < -0.3 is 10.2 Å². The van der Waals surface area contributed by atoms with E-state index in [9.17, 15) is 9.59 Å². The number of nitrogens with one attached hydrogen (secondary N) is 1. The summed E-state index contributed by atoms with van der Waals surface area (Å²) in [5.74, 6) is -0.292. The number of aryl methyl sites for hydroxylation is 1. The molecule has 0 heterocycles. The molecular formula is C20H22N2O2. The molecular weight excluding hydrogens is 300 g/mol. The molecule has 4 heteroatoms. The maximum absolute atomic E-state index is 12.8. The number of rotatable bonds is 5. The van der Waals surface area contributed by atoms with E-state index in [2.05, 4.69) is 5.32 Å². The first-order chi connectivity index (χ1) is 11.5. The lowest BCUT2D eigenvalue weighted by molar-refractivity contribution is -0.141.